The second-order valence-electron chi connectivity index (χ2n) is 6.35. The van der Waals surface area contributed by atoms with Crippen LogP contribution in [0.15, 0.2) is 0 Å². The van der Waals surface area contributed by atoms with Gasteiger partial charge in [0.1, 0.15) is 6.29 Å². The molecule has 0 aliphatic carbocycles. The van der Waals surface area contributed by atoms with E-state index in [0.717, 1.165) is 11.5 Å². The van der Waals surface area contributed by atoms with Gasteiger partial charge >= 0.3 is 5.97 Å². The molecule has 0 fully saturated rings. The van der Waals surface area contributed by atoms with Crippen LogP contribution in [0.4, 0.5) is 0 Å². The monoisotopic (exact) mass is 315 g/mol. The van der Waals surface area contributed by atoms with Gasteiger partial charge in [-0.2, -0.15) is 5.06 Å². The molecular weight excluding hydrogens is 286 g/mol. The summed E-state index contributed by atoms with van der Waals surface area (Å²) in [6.45, 7) is 8.78. The SMILES string of the molecule is CC(C)CCOC(C)(C)CCC(=O)ON(C)C(=O)CCC=O. The lowest BCUT2D eigenvalue weighted by atomic mass is 10.0. The van der Waals surface area contributed by atoms with E-state index in [1.54, 1.807) is 0 Å². The molecule has 1 amide bonds. The van der Waals surface area contributed by atoms with E-state index in [0.29, 0.717) is 25.2 Å². The molecule has 0 aliphatic heterocycles. The van der Waals surface area contributed by atoms with E-state index in [1.807, 2.05) is 13.8 Å². The summed E-state index contributed by atoms with van der Waals surface area (Å²) < 4.78 is 5.77. The van der Waals surface area contributed by atoms with E-state index < -0.39 is 17.5 Å². The van der Waals surface area contributed by atoms with Gasteiger partial charge in [-0.05, 0) is 32.6 Å². The normalized spacial score (nSPS) is 11.4. The van der Waals surface area contributed by atoms with Gasteiger partial charge in [0.25, 0.3) is 5.91 Å². The van der Waals surface area contributed by atoms with E-state index in [4.69, 9.17) is 9.57 Å². The van der Waals surface area contributed by atoms with Crippen LogP contribution < -0.4 is 0 Å². The second kappa shape index (κ2) is 10.3. The summed E-state index contributed by atoms with van der Waals surface area (Å²) in [6.07, 6.45) is 2.47. The predicted octanol–water partition coefficient (Wildman–Crippen LogP) is 2.50. The van der Waals surface area contributed by atoms with Crippen molar-refractivity contribution in [3.63, 3.8) is 0 Å². The fraction of sp³-hybridized carbons (Fsp3) is 0.812. The Bertz CT molecular complexity index is 366. The van der Waals surface area contributed by atoms with Gasteiger partial charge in [0.15, 0.2) is 0 Å². The Morgan fingerprint density at radius 1 is 1.23 bits per heavy atom. The number of hydrogen-bond acceptors (Lipinski definition) is 5. The lowest BCUT2D eigenvalue weighted by molar-refractivity contribution is -0.193. The maximum atomic E-state index is 11.7. The average molecular weight is 315 g/mol. The van der Waals surface area contributed by atoms with Crippen molar-refractivity contribution in [2.45, 2.75) is 65.4 Å². The summed E-state index contributed by atoms with van der Waals surface area (Å²) in [5.74, 6) is -0.304. The first-order chi connectivity index (χ1) is 10.2. The molecular formula is C16H29NO5. The minimum Gasteiger partial charge on any atom is -0.376 e. The van der Waals surface area contributed by atoms with Crippen molar-refractivity contribution in [3.05, 3.63) is 0 Å². The van der Waals surface area contributed by atoms with Crippen LogP contribution in [0.5, 0.6) is 0 Å². The number of carbonyl (C=O) groups is 3. The molecule has 0 unspecified atom stereocenters. The highest BCUT2D eigenvalue weighted by atomic mass is 16.7. The van der Waals surface area contributed by atoms with Crippen LogP contribution >= 0.6 is 0 Å². The lowest BCUT2D eigenvalue weighted by Gasteiger charge is -2.26. The third kappa shape index (κ3) is 10.3. The summed E-state index contributed by atoms with van der Waals surface area (Å²) in [5.41, 5.74) is -0.409. The molecule has 0 aliphatic rings. The molecule has 22 heavy (non-hydrogen) atoms. The molecule has 0 aromatic carbocycles. The molecule has 0 aromatic rings. The fourth-order valence-electron chi connectivity index (χ4n) is 1.64. The van der Waals surface area contributed by atoms with E-state index in [-0.39, 0.29) is 19.3 Å². The van der Waals surface area contributed by atoms with Crippen LogP contribution in [0.1, 0.15) is 59.8 Å². The minimum absolute atomic E-state index is 0.0388. The Morgan fingerprint density at radius 2 is 1.86 bits per heavy atom. The number of aldehydes is 1. The number of carbonyl (C=O) groups excluding carboxylic acids is 3. The van der Waals surface area contributed by atoms with Crippen molar-refractivity contribution in [2.24, 2.45) is 5.92 Å². The molecule has 0 N–H and O–H groups in total. The van der Waals surface area contributed by atoms with E-state index in [1.165, 1.54) is 7.05 Å². The van der Waals surface area contributed by atoms with Gasteiger partial charge in [0.05, 0.1) is 12.0 Å². The third-order valence-corrected chi connectivity index (χ3v) is 3.19. The Labute approximate surface area is 133 Å². The topological polar surface area (TPSA) is 72.9 Å². The summed E-state index contributed by atoms with van der Waals surface area (Å²) in [6, 6.07) is 0. The zero-order chi connectivity index (χ0) is 17.2. The number of rotatable bonds is 10. The maximum Gasteiger partial charge on any atom is 0.332 e. The molecule has 0 aromatic heterocycles. The minimum atomic E-state index is -0.484. The van der Waals surface area contributed by atoms with Crippen molar-refractivity contribution in [1.82, 2.24) is 5.06 Å². The largest absolute Gasteiger partial charge is 0.376 e. The standard InChI is InChI=1S/C16H29NO5/c1-13(2)9-12-21-16(3,4)10-8-15(20)22-17(5)14(19)7-6-11-18/h11,13H,6-10,12H2,1-5H3. The van der Waals surface area contributed by atoms with Crippen LogP contribution in [-0.2, 0) is 24.0 Å². The summed E-state index contributed by atoms with van der Waals surface area (Å²) in [7, 11) is 1.37. The highest BCUT2D eigenvalue weighted by Gasteiger charge is 2.22. The van der Waals surface area contributed by atoms with Crippen molar-refractivity contribution in [3.8, 4) is 0 Å². The van der Waals surface area contributed by atoms with Crippen LogP contribution in [0, 0.1) is 5.92 Å². The van der Waals surface area contributed by atoms with E-state index >= 15 is 0 Å². The number of hydroxylamine groups is 2. The second-order valence-corrected chi connectivity index (χ2v) is 6.35. The molecule has 128 valence electrons. The zero-order valence-electron chi connectivity index (χ0n) is 14.4. The predicted molar refractivity (Wildman–Crippen MR) is 82.9 cm³/mol. The molecule has 0 spiro atoms. The van der Waals surface area contributed by atoms with Gasteiger partial charge in [-0.15, -0.1) is 0 Å². The van der Waals surface area contributed by atoms with E-state index in [9.17, 15) is 14.4 Å². The maximum absolute atomic E-state index is 11.7. The number of hydrogen-bond donors (Lipinski definition) is 0. The smallest absolute Gasteiger partial charge is 0.332 e. The van der Waals surface area contributed by atoms with Gasteiger partial charge in [0, 0.05) is 26.5 Å². The van der Waals surface area contributed by atoms with Crippen LogP contribution in [-0.4, -0.2) is 42.5 Å². The molecule has 0 radical (unpaired) electrons. The van der Waals surface area contributed by atoms with Crippen molar-refractivity contribution in [1.29, 1.82) is 0 Å². The van der Waals surface area contributed by atoms with Gasteiger partial charge in [-0.25, -0.2) is 4.79 Å². The van der Waals surface area contributed by atoms with Crippen molar-refractivity contribution >= 4 is 18.2 Å². The quantitative estimate of drug-likeness (QED) is 0.457. The summed E-state index contributed by atoms with van der Waals surface area (Å²) in [4.78, 5) is 38.4. The Hall–Kier alpha value is -1.43. The molecule has 0 atom stereocenters. The number of nitrogens with zero attached hydrogens (tertiary/aromatic N) is 1. The summed E-state index contributed by atoms with van der Waals surface area (Å²) >= 11 is 0. The van der Waals surface area contributed by atoms with Crippen LogP contribution in [0.2, 0.25) is 0 Å². The molecule has 0 saturated carbocycles. The van der Waals surface area contributed by atoms with E-state index in [2.05, 4.69) is 13.8 Å². The number of ether oxygens (including phenoxy) is 1. The highest BCUT2D eigenvalue weighted by Crippen LogP contribution is 2.18. The van der Waals surface area contributed by atoms with Gasteiger partial charge in [0.2, 0.25) is 0 Å². The van der Waals surface area contributed by atoms with Gasteiger partial charge < -0.3 is 14.4 Å². The lowest BCUT2D eigenvalue weighted by Crippen LogP contribution is -2.31. The van der Waals surface area contributed by atoms with Crippen LogP contribution in [0.3, 0.4) is 0 Å². The first-order valence-electron chi connectivity index (χ1n) is 7.73. The van der Waals surface area contributed by atoms with Crippen molar-refractivity contribution in [2.75, 3.05) is 13.7 Å². The number of amides is 1. The first-order valence-corrected chi connectivity index (χ1v) is 7.73. The molecule has 0 bridgehead atoms. The summed E-state index contributed by atoms with van der Waals surface area (Å²) in [5, 5.41) is 0.887. The Kier molecular flexibility index (Phi) is 9.65. The molecule has 0 rings (SSSR count). The Morgan fingerprint density at radius 3 is 2.41 bits per heavy atom. The first kappa shape index (κ1) is 20.6. The van der Waals surface area contributed by atoms with Crippen LogP contribution in [0.25, 0.3) is 0 Å². The highest BCUT2D eigenvalue weighted by molar-refractivity contribution is 5.79. The van der Waals surface area contributed by atoms with Crippen molar-refractivity contribution < 1.29 is 24.0 Å². The molecule has 6 heteroatoms. The average Bonchev–Trinajstić information content (AvgIpc) is 2.42. The molecule has 6 nitrogen and oxygen atoms in total. The van der Waals surface area contributed by atoms with Gasteiger partial charge in [-0.1, -0.05) is 13.8 Å². The molecule has 0 heterocycles. The zero-order valence-corrected chi connectivity index (χ0v) is 14.4. The third-order valence-electron chi connectivity index (χ3n) is 3.19. The Balaban J connectivity index is 4.05. The van der Waals surface area contributed by atoms with Gasteiger partial charge in [-0.3, -0.25) is 4.79 Å². The molecule has 0 saturated heterocycles. The fourth-order valence-corrected chi connectivity index (χ4v) is 1.64.